The van der Waals surface area contributed by atoms with Gasteiger partial charge in [-0.25, -0.2) is 4.39 Å². The standard InChI is InChI=1S/C19H19F3N2O3/c1-19(2,26)9-24-10-23-16-7-11(3-4-15(16)17(24)25)12-5-13(20)8-14(6-12)27-18(21)22/h3-8,18,23,26H,9-10H2,1-2H3. The third-order valence-electron chi connectivity index (χ3n) is 4.01. The first-order valence-corrected chi connectivity index (χ1v) is 8.28. The van der Waals surface area contributed by atoms with Gasteiger partial charge in [0.2, 0.25) is 0 Å². The molecule has 144 valence electrons. The van der Waals surface area contributed by atoms with Gasteiger partial charge in [-0.05, 0) is 49.2 Å². The van der Waals surface area contributed by atoms with E-state index in [2.05, 4.69) is 10.1 Å². The van der Waals surface area contributed by atoms with Gasteiger partial charge in [-0.2, -0.15) is 8.78 Å². The van der Waals surface area contributed by atoms with Crippen molar-refractivity contribution in [2.45, 2.75) is 26.1 Å². The quantitative estimate of drug-likeness (QED) is 0.831. The Hall–Kier alpha value is -2.74. The second kappa shape index (κ2) is 7.11. The number of hydrogen-bond acceptors (Lipinski definition) is 4. The van der Waals surface area contributed by atoms with Crippen molar-refractivity contribution in [2.24, 2.45) is 0 Å². The molecule has 0 spiro atoms. The van der Waals surface area contributed by atoms with Gasteiger partial charge in [-0.15, -0.1) is 0 Å². The van der Waals surface area contributed by atoms with Crippen LogP contribution in [0.25, 0.3) is 11.1 Å². The van der Waals surface area contributed by atoms with E-state index in [0.717, 1.165) is 6.07 Å². The van der Waals surface area contributed by atoms with E-state index in [4.69, 9.17) is 0 Å². The van der Waals surface area contributed by atoms with Crippen LogP contribution in [0, 0.1) is 5.82 Å². The van der Waals surface area contributed by atoms with Crippen LogP contribution in [-0.2, 0) is 0 Å². The van der Waals surface area contributed by atoms with Gasteiger partial charge in [-0.1, -0.05) is 6.07 Å². The summed E-state index contributed by atoms with van der Waals surface area (Å²) >= 11 is 0. The normalized spacial score (nSPS) is 14.2. The molecular weight excluding hydrogens is 361 g/mol. The lowest BCUT2D eigenvalue weighted by atomic mass is 9.99. The highest BCUT2D eigenvalue weighted by Gasteiger charge is 2.28. The number of amides is 1. The van der Waals surface area contributed by atoms with Crippen molar-refractivity contribution >= 4 is 11.6 Å². The molecule has 1 amide bonds. The molecule has 0 atom stereocenters. The summed E-state index contributed by atoms with van der Waals surface area (Å²) in [6.07, 6.45) is 0. The molecule has 2 N–H and O–H groups in total. The number of alkyl halides is 2. The maximum absolute atomic E-state index is 13.7. The zero-order chi connectivity index (χ0) is 19.8. The Bertz CT molecular complexity index is 866. The van der Waals surface area contributed by atoms with E-state index in [1.54, 1.807) is 32.0 Å². The number of hydrogen-bond donors (Lipinski definition) is 2. The third-order valence-corrected chi connectivity index (χ3v) is 4.01. The number of carbonyl (C=O) groups is 1. The fourth-order valence-corrected chi connectivity index (χ4v) is 2.97. The van der Waals surface area contributed by atoms with E-state index in [0.29, 0.717) is 22.4 Å². The second-order valence-corrected chi connectivity index (χ2v) is 6.96. The first-order chi connectivity index (χ1) is 12.6. The molecule has 27 heavy (non-hydrogen) atoms. The topological polar surface area (TPSA) is 61.8 Å². The highest BCUT2D eigenvalue weighted by molar-refractivity contribution is 6.02. The summed E-state index contributed by atoms with van der Waals surface area (Å²) < 4.78 is 42.8. The number of rotatable bonds is 5. The van der Waals surface area contributed by atoms with Crippen molar-refractivity contribution in [2.75, 3.05) is 18.5 Å². The minimum absolute atomic E-state index is 0.165. The molecule has 0 fully saturated rings. The number of nitrogens with one attached hydrogen (secondary N) is 1. The number of carbonyl (C=O) groups excluding carboxylic acids is 1. The summed E-state index contributed by atoms with van der Waals surface area (Å²) in [5, 5.41) is 13.0. The molecule has 0 radical (unpaired) electrons. The van der Waals surface area contributed by atoms with E-state index < -0.39 is 18.0 Å². The minimum atomic E-state index is -3.05. The lowest BCUT2D eigenvalue weighted by Gasteiger charge is -2.33. The fourth-order valence-electron chi connectivity index (χ4n) is 2.97. The van der Waals surface area contributed by atoms with Gasteiger partial charge < -0.3 is 20.1 Å². The van der Waals surface area contributed by atoms with Crippen molar-refractivity contribution in [3.8, 4) is 16.9 Å². The van der Waals surface area contributed by atoms with E-state index >= 15 is 0 Å². The SMILES string of the molecule is CC(C)(O)CN1CNc2cc(-c3cc(F)cc(OC(F)F)c3)ccc2C1=O. The Kier molecular flexibility index (Phi) is 5.01. The summed E-state index contributed by atoms with van der Waals surface area (Å²) in [7, 11) is 0. The predicted octanol–water partition coefficient (Wildman–Crippen LogP) is 3.69. The Morgan fingerprint density at radius 1 is 1.22 bits per heavy atom. The van der Waals surface area contributed by atoms with Crippen LogP contribution in [-0.4, -0.2) is 41.3 Å². The van der Waals surface area contributed by atoms with Crippen LogP contribution in [0.1, 0.15) is 24.2 Å². The van der Waals surface area contributed by atoms with Crippen molar-refractivity contribution in [3.63, 3.8) is 0 Å². The monoisotopic (exact) mass is 380 g/mol. The first-order valence-electron chi connectivity index (χ1n) is 8.28. The van der Waals surface area contributed by atoms with Gasteiger partial charge in [-0.3, -0.25) is 4.79 Å². The molecular formula is C19H19F3N2O3. The van der Waals surface area contributed by atoms with Crippen LogP contribution in [0.5, 0.6) is 5.75 Å². The van der Waals surface area contributed by atoms with Crippen LogP contribution < -0.4 is 10.1 Å². The zero-order valence-corrected chi connectivity index (χ0v) is 14.8. The lowest BCUT2D eigenvalue weighted by molar-refractivity contribution is -0.0499. The smallest absolute Gasteiger partial charge is 0.387 e. The van der Waals surface area contributed by atoms with Gasteiger partial charge in [0.05, 0.1) is 24.4 Å². The van der Waals surface area contributed by atoms with E-state index in [1.165, 1.54) is 17.0 Å². The van der Waals surface area contributed by atoms with E-state index in [1.807, 2.05) is 0 Å². The van der Waals surface area contributed by atoms with E-state index in [9.17, 15) is 23.1 Å². The molecule has 0 bridgehead atoms. The highest BCUT2D eigenvalue weighted by atomic mass is 19.3. The van der Waals surface area contributed by atoms with Crippen LogP contribution in [0.3, 0.4) is 0 Å². The molecule has 0 saturated carbocycles. The molecule has 8 heteroatoms. The number of halogens is 3. The number of anilines is 1. The number of benzene rings is 2. The Morgan fingerprint density at radius 2 is 1.96 bits per heavy atom. The Balaban J connectivity index is 1.90. The second-order valence-electron chi connectivity index (χ2n) is 6.96. The summed E-state index contributed by atoms with van der Waals surface area (Å²) in [5.74, 6) is -1.22. The van der Waals surface area contributed by atoms with Crippen LogP contribution >= 0.6 is 0 Å². The van der Waals surface area contributed by atoms with Crippen LogP contribution in [0.4, 0.5) is 18.9 Å². The number of aliphatic hydroxyl groups is 1. The summed E-state index contributed by atoms with van der Waals surface area (Å²) in [4.78, 5) is 14.1. The average Bonchev–Trinajstić information content (AvgIpc) is 2.55. The molecule has 5 nitrogen and oxygen atoms in total. The van der Waals surface area contributed by atoms with Crippen molar-refractivity contribution in [1.29, 1.82) is 0 Å². The largest absolute Gasteiger partial charge is 0.435 e. The molecule has 1 aliphatic heterocycles. The van der Waals surface area contributed by atoms with Crippen molar-refractivity contribution in [3.05, 3.63) is 47.8 Å². The zero-order valence-electron chi connectivity index (χ0n) is 14.8. The molecule has 3 rings (SSSR count). The predicted molar refractivity (Wildman–Crippen MR) is 94.3 cm³/mol. The molecule has 0 aromatic heterocycles. The summed E-state index contributed by atoms with van der Waals surface area (Å²) in [6, 6.07) is 8.22. The molecule has 2 aromatic rings. The Morgan fingerprint density at radius 3 is 2.63 bits per heavy atom. The average molecular weight is 380 g/mol. The molecule has 1 heterocycles. The molecule has 0 saturated heterocycles. The number of β-amino-alcohol motifs (C(OH)–C–C–N with tert-alkyl or cyclic N) is 1. The summed E-state index contributed by atoms with van der Waals surface area (Å²) in [6.45, 7) is 0.550. The van der Waals surface area contributed by atoms with Gasteiger partial charge in [0.1, 0.15) is 11.6 Å². The van der Waals surface area contributed by atoms with E-state index in [-0.39, 0.29) is 24.9 Å². The van der Waals surface area contributed by atoms with Crippen LogP contribution in [0.2, 0.25) is 0 Å². The van der Waals surface area contributed by atoms with Gasteiger partial charge in [0, 0.05) is 11.8 Å². The molecule has 0 aliphatic carbocycles. The third kappa shape index (κ3) is 4.51. The maximum Gasteiger partial charge on any atom is 0.387 e. The number of fused-ring (bicyclic) bond motifs is 1. The molecule has 0 unspecified atom stereocenters. The van der Waals surface area contributed by atoms with Crippen molar-refractivity contribution < 1.29 is 27.8 Å². The van der Waals surface area contributed by atoms with Crippen molar-refractivity contribution in [1.82, 2.24) is 4.90 Å². The highest BCUT2D eigenvalue weighted by Crippen LogP contribution is 2.32. The maximum atomic E-state index is 13.7. The minimum Gasteiger partial charge on any atom is -0.435 e. The molecule has 1 aliphatic rings. The first kappa shape index (κ1) is 19.0. The van der Waals surface area contributed by atoms with Crippen LogP contribution in [0.15, 0.2) is 36.4 Å². The van der Waals surface area contributed by atoms with Gasteiger partial charge in [0.15, 0.2) is 0 Å². The lowest BCUT2D eigenvalue weighted by Crippen LogP contribution is -2.47. The number of ether oxygens (including phenoxy) is 1. The van der Waals surface area contributed by atoms with Gasteiger partial charge in [0.25, 0.3) is 5.91 Å². The Labute approximate surface area is 154 Å². The molecule has 2 aromatic carbocycles. The van der Waals surface area contributed by atoms with Gasteiger partial charge >= 0.3 is 6.61 Å². The fraction of sp³-hybridized carbons (Fsp3) is 0.316. The number of nitrogens with zero attached hydrogens (tertiary/aromatic N) is 1. The summed E-state index contributed by atoms with van der Waals surface area (Å²) in [5.41, 5.74) is 0.822.